The van der Waals surface area contributed by atoms with Crippen LogP contribution in [-0.2, 0) is 4.74 Å². The fourth-order valence-electron chi connectivity index (χ4n) is 2.67. The number of pyridine rings is 1. The Labute approximate surface area is 125 Å². The maximum atomic E-state index is 12.8. The van der Waals surface area contributed by atoms with Crippen LogP contribution in [0.15, 0.2) is 18.3 Å². The van der Waals surface area contributed by atoms with Crippen LogP contribution in [0, 0.1) is 5.82 Å². The molecule has 2 heterocycles. The average Bonchev–Trinajstić information content (AvgIpc) is 2.52. The molecule has 1 saturated heterocycles. The number of rotatable bonds is 7. The summed E-state index contributed by atoms with van der Waals surface area (Å²) < 4.78 is 18.6. The van der Waals surface area contributed by atoms with Gasteiger partial charge in [0.15, 0.2) is 0 Å². The molecule has 2 rings (SSSR count). The van der Waals surface area contributed by atoms with Crippen molar-refractivity contribution in [1.82, 2.24) is 9.88 Å². The Morgan fingerprint density at radius 3 is 3.10 bits per heavy atom. The highest BCUT2D eigenvalue weighted by atomic mass is 19.1. The summed E-state index contributed by atoms with van der Waals surface area (Å²) in [6.07, 6.45) is 4.75. The number of aliphatic hydroxyl groups is 1. The fraction of sp³-hybridized carbons (Fsp3) is 0.688. The highest BCUT2D eigenvalue weighted by molar-refractivity contribution is 5.07. The molecule has 118 valence electrons. The molecule has 1 aliphatic rings. The van der Waals surface area contributed by atoms with Crippen LogP contribution in [0.25, 0.3) is 0 Å². The van der Waals surface area contributed by atoms with Gasteiger partial charge < -0.3 is 14.7 Å². The molecule has 4 nitrogen and oxygen atoms in total. The molecule has 2 atom stereocenters. The van der Waals surface area contributed by atoms with Crippen molar-refractivity contribution in [3.63, 3.8) is 0 Å². The van der Waals surface area contributed by atoms with Gasteiger partial charge in [0.05, 0.1) is 24.1 Å². The second-order valence-corrected chi connectivity index (χ2v) is 5.64. The molecule has 1 fully saturated rings. The van der Waals surface area contributed by atoms with E-state index in [1.165, 1.54) is 6.07 Å². The lowest BCUT2D eigenvalue weighted by Crippen LogP contribution is -2.40. The Morgan fingerprint density at radius 1 is 1.52 bits per heavy atom. The van der Waals surface area contributed by atoms with Crippen molar-refractivity contribution in [2.75, 3.05) is 26.2 Å². The third kappa shape index (κ3) is 5.34. The summed E-state index contributed by atoms with van der Waals surface area (Å²) in [5, 5.41) is 10.1. The molecule has 0 saturated carbocycles. The second-order valence-electron chi connectivity index (χ2n) is 5.64. The van der Waals surface area contributed by atoms with Gasteiger partial charge in [-0.2, -0.15) is 0 Å². The smallest absolute Gasteiger partial charge is 0.141 e. The number of aromatic nitrogens is 1. The predicted octanol–water partition coefficient (Wildman–Crippen LogP) is 2.54. The molecule has 0 aromatic carbocycles. The highest BCUT2D eigenvalue weighted by Gasteiger charge is 2.21. The van der Waals surface area contributed by atoms with Crippen LogP contribution in [0.1, 0.15) is 44.4 Å². The van der Waals surface area contributed by atoms with Gasteiger partial charge in [-0.15, -0.1) is 0 Å². The fourth-order valence-corrected chi connectivity index (χ4v) is 2.67. The molecule has 1 N–H and O–H groups in total. The summed E-state index contributed by atoms with van der Waals surface area (Å²) in [6, 6.07) is 2.88. The molecule has 0 aliphatic carbocycles. The monoisotopic (exact) mass is 296 g/mol. The van der Waals surface area contributed by atoms with E-state index in [-0.39, 0.29) is 5.82 Å². The molecule has 1 aromatic heterocycles. The molecular weight excluding hydrogens is 271 g/mol. The maximum absolute atomic E-state index is 12.8. The number of hydrogen-bond donors (Lipinski definition) is 1. The molecular formula is C16H25FN2O2. The van der Waals surface area contributed by atoms with E-state index < -0.39 is 6.10 Å². The number of likely N-dealkylation sites (tertiary alicyclic amines) is 1. The average molecular weight is 296 g/mol. The first-order valence-corrected chi connectivity index (χ1v) is 7.82. The zero-order valence-electron chi connectivity index (χ0n) is 12.7. The Hall–Kier alpha value is -1.04. The Balaban J connectivity index is 1.75. The van der Waals surface area contributed by atoms with Crippen LogP contribution in [0.3, 0.4) is 0 Å². The normalized spacial score (nSPS) is 21.4. The quantitative estimate of drug-likeness (QED) is 0.840. The number of nitrogens with zero attached hydrogens (tertiary/aromatic N) is 2. The van der Waals surface area contributed by atoms with Gasteiger partial charge in [-0.25, -0.2) is 4.39 Å². The first kappa shape index (κ1) is 16.3. The zero-order valence-corrected chi connectivity index (χ0v) is 12.7. The Kier molecular flexibility index (Phi) is 6.54. The zero-order chi connectivity index (χ0) is 15.1. The third-order valence-corrected chi connectivity index (χ3v) is 3.83. The summed E-state index contributed by atoms with van der Waals surface area (Å²) in [5.74, 6) is -0.377. The van der Waals surface area contributed by atoms with Crippen LogP contribution in [-0.4, -0.2) is 47.3 Å². The molecule has 21 heavy (non-hydrogen) atoms. The van der Waals surface area contributed by atoms with Crippen LogP contribution < -0.4 is 0 Å². The summed E-state index contributed by atoms with van der Waals surface area (Å²) >= 11 is 0. The third-order valence-electron chi connectivity index (χ3n) is 3.83. The van der Waals surface area contributed by atoms with E-state index in [1.54, 1.807) is 6.07 Å². The summed E-state index contributed by atoms with van der Waals surface area (Å²) in [5.41, 5.74) is 0.534. The summed E-state index contributed by atoms with van der Waals surface area (Å²) in [6.45, 7) is 5.73. The first-order valence-electron chi connectivity index (χ1n) is 7.82. The largest absolute Gasteiger partial charge is 0.387 e. The van der Waals surface area contributed by atoms with Crippen molar-refractivity contribution in [3.8, 4) is 0 Å². The van der Waals surface area contributed by atoms with Gasteiger partial charge in [0.2, 0.25) is 0 Å². The highest BCUT2D eigenvalue weighted by Crippen LogP contribution is 2.18. The van der Waals surface area contributed by atoms with E-state index >= 15 is 0 Å². The van der Waals surface area contributed by atoms with Crippen molar-refractivity contribution >= 4 is 0 Å². The molecule has 0 bridgehead atoms. The van der Waals surface area contributed by atoms with Crippen molar-refractivity contribution in [2.45, 2.75) is 44.8 Å². The molecule has 5 heteroatoms. The van der Waals surface area contributed by atoms with Crippen LogP contribution in [0.2, 0.25) is 0 Å². The predicted molar refractivity (Wildman–Crippen MR) is 79.5 cm³/mol. The van der Waals surface area contributed by atoms with E-state index in [1.807, 2.05) is 0 Å². The van der Waals surface area contributed by atoms with E-state index in [2.05, 4.69) is 16.8 Å². The number of ether oxygens (including phenoxy) is 1. The number of hydrogen-bond acceptors (Lipinski definition) is 4. The first-order chi connectivity index (χ1) is 10.2. The Morgan fingerprint density at radius 2 is 2.38 bits per heavy atom. The van der Waals surface area contributed by atoms with Crippen molar-refractivity contribution in [3.05, 3.63) is 29.8 Å². The van der Waals surface area contributed by atoms with Gasteiger partial charge >= 0.3 is 0 Å². The number of aliphatic hydroxyl groups excluding tert-OH is 1. The maximum Gasteiger partial charge on any atom is 0.141 e. The molecule has 1 aliphatic heterocycles. The Bertz CT molecular complexity index is 413. The van der Waals surface area contributed by atoms with Gasteiger partial charge in [-0.3, -0.25) is 4.98 Å². The van der Waals surface area contributed by atoms with Crippen LogP contribution >= 0.6 is 0 Å². The topological polar surface area (TPSA) is 45.6 Å². The molecule has 2 unspecified atom stereocenters. The minimum Gasteiger partial charge on any atom is -0.387 e. The lowest BCUT2D eigenvalue weighted by molar-refractivity contribution is -0.00359. The van der Waals surface area contributed by atoms with E-state index in [4.69, 9.17) is 4.74 Å². The molecule has 1 aromatic rings. The lowest BCUT2D eigenvalue weighted by Gasteiger charge is -2.33. The van der Waals surface area contributed by atoms with E-state index in [9.17, 15) is 9.50 Å². The number of halogens is 1. The minimum atomic E-state index is -0.637. The van der Waals surface area contributed by atoms with Gasteiger partial charge in [-0.1, -0.05) is 6.92 Å². The SMILES string of the molecule is CCCOC1CCCN(CCC(O)c2ccc(F)cn2)C1. The van der Waals surface area contributed by atoms with Crippen LogP contribution in [0.4, 0.5) is 4.39 Å². The summed E-state index contributed by atoms with van der Waals surface area (Å²) in [4.78, 5) is 6.26. The van der Waals surface area contributed by atoms with Crippen molar-refractivity contribution in [2.24, 2.45) is 0 Å². The lowest BCUT2D eigenvalue weighted by atomic mass is 10.1. The minimum absolute atomic E-state index is 0.319. The van der Waals surface area contributed by atoms with Gasteiger partial charge in [0.25, 0.3) is 0 Å². The second kappa shape index (κ2) is 8.41. The number of piperidine rings is 1. The van der Waals surface area contributed by atoms with E-state index in [0.717, 1.165) is 51.7 Å². The molecule has 0 amide bonds. The molecule has 0 radical (unpaired) electrons. The van der Waals surface area contributed by atoms with Gasteiger partial charge in [-0.05, 0) is 44.4 Å². The standard InChI is InChI=1S/C16H25FN2O2/c1-2-10-21-14-4-3-8-19(12-14)9-7-16(20)15-6-5-13(17)11-18-15/h5-6,11,14,16,20H,2-4,7-10,12H2,1H3. The van der Waals surface area contributed by atoms with Crippen molar-refractivity contribution < 1.29 is 14.2 Å². The van der Waals surface area contributed by atoms with E-state index in [0.29, 0.717) is 18.2 Å². The van der Waals surface area contributed by atoms with Gasteiger partial charge in [0, 0.05) is 19.7 Å². The molecule has 0 spiro atoms. The summed E-state index contributed by atoms with van der Waals surface area (Å²) in [7, 11) is 0. The van der Waals surface area contributed by atoms with Crippen molar-refractivity contribution in [1.29, 1.82) is 0 Å². The van der Waals surface area contributed by atoms with Gasteiger partial charge in [0.1, 0.15) is 5.82 Å². The van der Waals surface area contributed by atoms with Crippen LogP contribution in [0.5, 0.6) is 0 Å².